The molecule has 0 radical (unpaired) electrons. The van der Waals surface area contributed by atoms with Crippen molar-refractivity contribution >= 4 is 77.9 Å². The van der Waals surface area contributed by atoms with Crippen molar-refractivity contribution < 1.29 is 9.59 Å². The number of urea groups is 2. The van der Waals surface area contributed by atoms with Crippen molar-refractivity contribution in [3.63, 3.8) is 0 Å². The summed E-state index contributed by atoms with van der Waals surface area (Å²) in [5.74, 6) is 3.82. The number of fused-ring (bicyclic) bond motifs is 8. The molecule has 0 spiro atoms. The summed E-state index contributed by atoms with van der Waals surface area (Å²) in [6.07, 6.45) is 11.6. The normalized spacial score (nSPS) is 21.1. The van der Waals surface area contributed by atoms with Gasteiger partial charge in [-0.15, -0.1) is 0 Å². The lowest BCUT2D eigenvalue weighted by molar-refractivity contribution is 0.196. The molecule has 14 rings (SSSR count). The van der Waals surface area contributed by atoms with Crippen LogP contribution in [0.4, 0.5) is 21.5 Å². The zero-order chi connectivity index (χ0) is 47.3. The first-order valence-electron chi connectivity index (χ1n) is 24.0. The molecule has 0 unspecified atom stereocenters. The Bertz CT molecular complexity index is 3210. The van der Waals surface area contributed by atoms with E-state index >= 15 is 0 Å². The Kier molecular flexibility index (Phi) is 11.9. The molecule has 18 heteroatoms. The molecule has 10 heterocycles. The number of carbonyl (C=O) groups is 2. The highest BCUT2D eigenvalue weighted by Crippen LogP contribution is 2.38. The standard InChI is InChI=1S/C26H25N7O.C16H13BrN2.C10H12BrN5O/c34-26-29-15-20-16-31(10-11-32(20)26)25-27-13-19(14-28-25)18-6-7-21-23(12-18)33-22(8-9-24(33)30-21)17-4-2-1-3-5-17;17-12-6-7-13-15(10-12)19-14(8-9-16(19)18-13)11-4-2-1-3-5-11;11-7-3-12-9(13-4-7)15-1-2-16-8(6-15)5-14-10(16)17/h1-7,12-14,20,22H,8-11,15-16H2,(H,29,34);1-7,10,14H,8-9H2;3-4,8H,1-2,5-6H2,(H,14,17)/t20-,22+;14-;8-/m010/s1. The topological polar surface area (TPSA) is 158 Å². The van der Waals surface area contributed by atoms with Gasteiger partial charge in [0.15, 0.2) is 0 Å². The van der Waals surface area contributed by atoms with Gasteiger partial charge in [-0.05, 0) is 75.8 Å². The molecule has 4 atom stereocenters. The van der Waals surface area contributed by atoms with Crippen LogP contribution >= 0.6 is 31.9 Å². The summed E-state index contributed by atoms with van der Waals surface area (Å²) >= 11 is 6.88. The Balaban J connectivity index is 0.000000118. The number of aromatic nitrogens is 8. The number of nitrogens with one attached hydrogen (secondary N) is 2. The Morgan fingerprint density at radius 1 is 0.514 bits per heavy atom. The molecule has 8 aromatic rings. The van der Waals surface area contributed by atoms with E-state index in [0.29, 0.717) is 31.7 Å². The largest absolute Gasteiger partial charge is 0.337 e. The number of hydrogen-bond acceptors (Lipinski definition) is 10. The predicted octanol–water partition coefficient (Wildman–Crippen LogP) is 8.03. The minimum atomic E-state index is 0.0390. The van der Waals surface area contributed by atoms with Crippen LogP contribution in [-0.4, -0.2) is 125 Å². The number of aryl methyl sites for hydroxylation is 2. The highest BCUT2D eigenvalue weighted by atomic mass is 79.9. The van der Waals surface area contributed by atoms with Crippen molar-refractivity contribution in [3.8, 4) is 11.1 Å². The molecule has 16 nitrogen and oxygen atoms in total. The van der Waals surface area contributed by atoms with Gasteiger partial charge in [0.05, 0.1) is 50.7 Å². The third-order valence-corrected chi connectivity index (χ3v) is 15.3. The summed E-state index contributed by atoms with van der Waals surface area (Å²) in [6.45, 7) is 5.92. The lowest BCUT2D eigenvalue weighted by Gasteiger charge is -2.36. The minimum Gasteiger partial charge on any atom is -0.337 e. The van der Waals surface area contributed by atoms with Crippen LogP contribution in [0.3, 0.4) is 0 Å². The van der Waals surface area contributed by atoms with E-state index in [2.05, 4.69) is 178 Å². The van der Waals surface area contributed by atoms with Crippen LogP contribution in [0.1, 0.15) is 47.7 Å². The highest BCUT2D eigenvalue weighted by Gasteiger charge is 2.37. The smallest absolute Gasteiger partial charge is 0.317 e. The minimum absolute atomic E-state index is 0.0390. The van der Waals surface area contributed by atoms with Crippen LogP contribution < -0.4 is 20.4 Å². The molecule has 6 aliphatic heterocycles. The maximum Gasteiger partial charge on any atom is 0.317 e. The van der Waals surface area contributed by atoms with Gasteiger partial charge in [0.1, 0.15) is 11.6 Å². The molecule has 4 fully saturated rings. The summed E-state index contributed by atoms with van der Waals surface area (Å²) < 4.78 is 6.79. The summed E-state index contributed by atoms with van der Waals surface area (Å²) in [5, 5.41) is 5.77. The Hall–Kier alpha value is -6.92. The van der Waals surface area contributed by atoms with Gasteiger partial charge < -0.3 is 39.4 Å². The van der Waals surface area contributed by atoms with Crippen LogP contribution in [0.25, 0.3) is 33.2 Å². The number of rotatable bonds is 5. The Morgan fingerprint density at radius 2 is 1.00 bits per heavy atom. The van der Waals surface area contributed by atoms with Gasteiger partial charge in [0, 0.05) is 100 Å². The fourth-order valence-electron chi connectivity index (χ4n) is 10.9. The third kappa shape index (κ3) is 8.50. The van der Waals surface area contributed by atoms with Crippen molar-refractivity contribution in [2.75, 3.05) is 62.2 Å². The van der Waals surface area contributed by atoms with Crippen LogP contribution in [0.5, 0.6) is 0 Å². The highest BCUT2D eigenvalue weighted by molar-refractivity contribution is 9.10. The van der Waals surface area contributed by atoms with E-state index in [4.69, 9.17) is 9.97 Å². The fraction of sp³-hybridized carbons (Fsp3) is 0.308. The van der Waals surface area contributed by atoms with Gasteiger partial charge in [-0.3, -0.25) is 0 Å². The number of hydrogen-bond donors (Lipinski definition) is 2. The molecule has 354 valence electrons. The second-order valence-electron chi connectivity index (χ2n) is 18.5. The number of anilines is 2. The van der Waals surface area contributed by atoms with Crippen LogP contribution in [0.15, 0.2) is 131 Å². The lowest BCUT2D eigenvalue weighted by Crippen LogP contribution is -2.52. The molecule has 0 aliphatic carbocycles. The second-order valence-corrected chi connectivity index (χ2v) is 20.3. The Morgan fingerprint density at radius 3 is 1.53 bits per heavy atom. The van der Waals surface area contributed by atoms with E-state index in [1.54, 1.807) is 12.4 Å². The van der Waals surface area contributed by atoms with Crippen molar-refractivity contribution in [3.05, 3.63) is 154 Å². The third-order valence-electron chi connectivity index (χ3n) is 14.4. The van der Waals surface area contributed by atoms with E-state index < -0.39 is 0 Å². The van der Waals surface area contributed by atoms with Crippen molar-refractivity contribution in [2.24, 2.45) is 0 Å². The first kappa shape index (κ1) is 44.3. The summed E-state index contributed by atoms with van der Waals surface area (Å²) in [6, 6.07) is 35.4. The van der Waals surface area contributed by atoms with Gasteiger partial charge in [0.25, 0.3) is 0 Å². The van der Waals surface area contributed by atoms with Crippen molar-refractivity contribution in [1.29, 1.82) is 0 Å². The number of benzene rings is 4. The van der Waals surface area contributed by atoms with Crippen LogP contribution in [-0.2, 0) is 12.8 Å². The summed E-state index contributed by atoms with van der Waals surface area (Å²) in [7, 11) is 0. The number of nitrogens with zero attached hydrogens (tertiary/aromatic N) is 12. The lowest BCUT2D eigenvalue weighted by atomic mass is 10.0. The zero-order valence-electron chi connectivity index (χ0n) is 38.3. The number of halogens is 2. The van der Waals surface area contributed by atoms with E-state index in [0.717, 1.165) is 113 Å². The van der Waals surface area contributed by atoms with Gasteiger partial charge in [-0.2, -0.15) is 0 Å². The molecular formula is C52H50Br2N14O2. The van der Waals surface area contributed by atoms with Gasteiger partial charge in [-0.1, -0.05) is 82.7 Å². The molecule has 6 aliphatic rings. The molecule has 0 bridgehead atoms. The SMILES string of the molecule is Brc1ccc2nc3n(c2c1)[C@@H](c1ccccc1)CC3.O=C1NC[C@H]2CN(c3ncc(-c4ccc5nc6n(c5c4)[C@@H](c4ccccc4)CC6)cn3)CCN12.O=C1NC[C@H]2CN(c3ncc(Br)cn3)CCN12. The first-order valence-corrected chi connectivity index (χ1v) is 25.6. The van der Waals surface area contributed by atoms with E-state index in [1.165, 1.54) is 22.5 Å². The van der Waals surface area contributed by atoms with Crippen molar-refractivity contribution in [2.45, 2.75) is 49.9 Å². The quantitative estimate of drug-likeness (QED) is 0.173. The first-order chi connectivity index (χ1) is 34.3. The van der Waals surface area contributed by atoms with Gasteiger partial charge in [0.2, 0.25) is 11.9 Å². The predicted molar refractivity (Wildman–Crippen MR) is 276 cm³/mol. The molecule has 4 amide bonds. The molecule has 4 saturated heterocycles. The van der Waals surface area contributed by atoms with E-state index in [9.17, 15) is 9.59 Å². The molecule has 70 heavy (non-hydrogen) atoms. The average molecular weight is 1060 g/mol. The summed E-state index contributed by atoms with van der Waals surface area (Å²) in [4.78, 5) is 59.0. The molecule has 2 N–H and O–H groups in total. The molecule has 0 saturated carbocycles. The van der Waals surface area contributed by atoms with E-state index in [1.807, 2.05) is 22.2 Å². The summed E-state index contributed by atoms with van der Waals surface area (Å²) in [5.41, 5.74) is 9.32. The number of imidazole rings is 2. The van der Waals surface area contributed by atoms with Crippen LogP contribution in [0.2, 0.25) is 0 Å². The van der Waals surface area contributed by atoms with E-state index in [-0.39, 0.29) is 24.1 Å². The maximum absolute atomic E-state index is 11.9. The number of amides is 4. The molecule has 4 aromatic heterocycles. The monoisotopic (exact) mass is 1060 g/mol. The maximum atomic E-state index is 11.9. The van der Waals surface area contributed by atoms with Crippen molar-refractivity contribution in [1.82, 2.24) is 59.5 Å². The van der Waals surface area contributed by atoms with Gasteiger partial charge >= 0.3 is 12.1 Å². The second kappa shape index (κ2) is 18.8. The molecule has 4 aromatic carbocycles. The van der Waals surface area contributed by atoms with Crippen LogP contribution in [0, 0.1) is 0 Å². The fourth-order valence-corrected chi connectivity index (χ4v) is 11.5. The van der Waals surface area contributed by atoms with Gasteiger partial charge in [-0.25, -0.2) is 39.5 Å². The number of carbonyl (C=O) groups excluding carboxylic acids is 2. The molecular weight excluding hydrogens is 1010 g/mol. The zero-order valence-corrected chi connectivity index (χ0v) is 41.5. The number of piperazine rings is 2. The average Bonchev–Trinajstić information content (AvgIpc) is 4.28. The Labute approximate surface area is 421 Å².